The van der Waals surface area contributed by atoms with E-state index in [-0.39, 0.29) is 12.8 Å². The summed E-state index contributed by atoms with van der Waals surface area (Å²) in [6.45, 7) is 3.73. The van der Waals surface area contributed by atoms with Crippen molar-refractivity contribution >= 4 is 11.9 Å². The van der Waals surface area contributed by atoms with Gasteiger partial charge in [-0.25, -0.2) is 9.59 Å². The lowest BCUT2D eigenvalue weighted by Gasteiger charge is -2.01. The number of aromatic amines is 1. The minimum Gasteiger partial charge on any atom is -0.473 e. The number of aromatic nitrogens is 2. The van der Waals surface area contributed by atoms with Gasteiger partial charge in [0.25, 0.3) is 0 Å². The molecule has 90 valence electrons. The van der Waals surface area contributed by atoms with Crippen molar-refractivity contribution in [3.05, 3.63) is 17.0 Å². The zero-order chi connectivity index (χ0) is 11.4. The first kappa shape index (κ1) is 14.1. The third-order valence-electron chi connectivity index (χ3n) is 2.04. The molecule has 1 aromatic rings. The molecule has 0 aromatic carbocycles. The second kappa shape index (κ2) is 5.86. The maximum absolute atomic E-state index is 10.6. The number of hydrogen-bond acceptors (Lipinski definition) is 5. The summed E-state index contributed by atoms with van der Waals surface area (Å²) >= 11 is 0. The molecule has 0 aliphatic rings. The molecule has 1 aromatic heterocycles. The van der Waals surface area contributed by atoms with Gasteiger partial charge in [0.2, 0.25) is 0 Å². The van der Waals surface area contributed by atoms with Gasteiger partial charge in [-0.1, -0.05) is 0 Å². The van der Waals surface area contributed by atoms with Gasteiger partial charge in [0.05, 0.1) is 12.3 Å². The van der Waals surface area contributed by atoms with Gasteiger partial charge in [0.15, 0.2) is 0 Å². The lowest BCUT2D eigenvalue weighted by molar-refractivity contribution is -0.163. The Morgan fingerprint density at radius 3 is 2.50 bits per heavy atom. The summed E-state index contributed by atoms with van der Waals surface area (Å²) in [6, 6.07) is 0. The standard InChI is InChI=1S/C9H12N2O4.H3N/c1-5-7(6(2)11-10-5)3-4-15-9(14)8(12)13;/h3-4H2,1-2H3,(H,10,11)(H,12,13);1H3. The maximum atomic E-state index is 10.6. The number of hydrogen-bond donors (Lipinski definition) is 3. The lowest BCUT2D eigenvalue weighted by Crippen LogP contribution is -2.17. The summed E-state index contributed by atoms with van der Waals surface area (Å²) in [5.41, 5.74) is 2.69. The van der Waals surface area contributed by atoms with Gasteiger partial charge in [-0.05, 0) is 19.4 Å². The van der Waals surface area contributed by atoms with Crippen molar-refractivity contribution in [3.63, 3.8) is 0 Å². The van der Waals surface area contributed by atoms with Crippen molar-refractivity contribution in [2.75, 3.05) is 6.61 Å². The molecule has 0 radical (unpaired) electrons. The highest BCUT2D eigenvalue weighted by Gasteiger charge is 2.13. The molecule has 0 amide bonds. The Labute approximate surface area is 92.4 Å². The maximum Gasteiger partial charge on any atom is 0.417 e. The van der Waals surface area contributed by atoms with Crippen LogP contribution in [0.1, 0.15) is 17.0 Å². The van der Waals surface area contributed by atoms with Crippen LogP contribution in [-0.4, -0.2) is 33.8 Å². The highest BCUT2D eigenvalue weighted by atomic mass is 16.6. The van der Waals surface area contributed by atoms with Crippen molar-refractivity contribution in [3.8, 4) is 0 Å². The number of aliphatic carboxylic acids is 1. The van der Waals surface area contributed by atoms with Crippen LogP contribution in [0.15, 0.2) is 0 Å². The summed E-state index contributed by atoms with van der Waals surface area (Å²) in [4.78, 5) is 20.7. The number of H-pyrrole nitrogens is 1. The number of carbonyl (C=O) groups excluding carboxylic acids is 1. The van der Waals surface area contributed by atoms with Crippen LogP contribution in [0.4, 0.5) is 0 Å². The topological polar surface area (TPSA) is 127 Å². The molecular formula is C9H15N3O4. The van der Waals surface area contributed by atoms with Crippen LogP contribution in [0, 0.1) is 13.8 Å². The Balaban J connectivity index is 0.00000225. The highest BCUT2D eigenvalue weighted by Crippen LogP contribution is 2.09. The molecule has 0 saturated heterocycles. The molecule has 0 spiro atoms. The minimum absolute atomic E-state index is 0. The Bertz CT molecular complexity index is 367. The van der Waals surface area contributed by atoms with E-state index in [1.54, 1.807) is 0 Å². The van der Waals surface area contributed by atoms with Gasteiger partial charge in [0.1, 0.15) is 0 Å². The van der Waals surface area contributed by atoms with E-state index in [2.05, 4.69) is 14.9 Å². The smallest absolute Gasteiger partial charge is 0.417 e. The fourth-order valence-corrected chi connectivity index (χ4v) is 1.25. The van der Waals surface area contributed by atoms with E-state index in [1.807, 2.05) is 13.8 Å². The van der Waals surface area contributed by atoms with Crippen LogP contribution in [0.3, 0.4) is 0 Å². The van der Waals surface area contributed by atoms with E-state index in [1.165, 1.54) is 0 Å². The molecule has 0 aliphatic heterocycles. The monoisotopic (exact) mass is 229 g/mol. The third-order valence-corrected chi connectivity index (χ3v) is 2.04. The average Bonchev–Trinajstić information content (AvgIpc) is 2.48. The van der Waals surface area contributed by atoms with E-state index in [4.69, 9.17) is 5.11 Å². The first-order chi connectivity index (χ1) is 7.02. The molecule has 1 heterocycles. The molecule has 0 fully saturated rings. The number of carbonyl (C=O) groups is 2. The fraction of sp³-hybridized carbons (Fsp3) is 0.444. The summed E-state index contributed by atoms with van der Waals surface area (Å²) < 4.78 is 4.51. The van der Waals surface area contributed by atoms with E-state index in [9.17, 15) is 9.59 Å². The predicted molar refractivity (Wildman–Crippen MR) is 55.4 cm³/mol. The van der Waals surface area contributed by atoms with Crippen LogP contribution < -0.4 is 6.15 Å². The Morgan fingerprint density at radius 2 is 2.06 bits per heavy atom. The SMILES string of the molecule is Cc1n[nH]c(C)c1CCOC(=O)C(=O)O.N. The molecule has 0 bridgehead atoms. The van der Waals surface area contributed by atoms with Gasteiger partial charge in [-0.2, -0.15) is 5.10 Å². The number of carboxylic acids is 1. The Kier molecular flexibility index (Phi) is 5.17. The number of esters is 1. The molecule has 0 unspecified atom stereocenters. The van der Waals surface area contributed by atoms with E-state index >= 15 is 0 Å². The van der Waals surface area contributed by atoms with Crippen LogP contribution in [0.25, 0.3) is 0 Å². The number of nitrogens with one attached hydrogen (secondary N) is 1. The molecule has 7 nitrogen and oxygen atoms in total. The molecule has 0 atom stereocenters. The second-order valence-electron chi connectivity index (χ2n) is 3.10. The summed E-state index contributed by atoms with van der Waals surface area (Å²) in [5.74, 6) is -2.80. The van der Waals surface area contributed by atoms with Crippen molar-refractivity contribution in [1.82, 2.24) is 16.3 Å². The molecule has 0 saturated carbocycles. The van der Waals surface area contributed by atoms with Crippen molar-refractivity contribution in [1.29, 1.82) is 0 Å². The molecule has 5 N–H and O–H groups in total. The molecule has 0 aliphatic carbocycles. The zero-order valence-corrected chi connectivity index (χ0v) is 9.24. The number of aryl methyl sites for hydroxylation is 2. The Morgan fingerprint density at radius 1 is 1.44 bits per heavy atom. The van der Waals surface area contributed by atoms with Gasteiger partial charge in [0, 0.05) is 12.1 Å². The minimum atomic E-state index is -1.57. The highest BCUT2D eigenvalue weighted by molar-refractivity contribution is 6.28. The van der Waals surface area contributed by atoms with Crippen LogP contribution in [-0.2, 0) is 20.7 Å². The van der Waals surface area contributed by atoms with E-state index in [0.29, 0.717) is 6.42 Å². The summed E-state index contributed by atoms with van der Waals surface area (Å²) in [6.07, 6.45) is 0.465. The molecule has 1 rings (SSSR count). The van der Waals surface area contributed by atoms with Crippen LogP contribution in [0.5, 0.6) is 0 Å². The van der Waals surface area contributed by atoms with Crippen LogP contribution in [0.2, 0.25) is 0 Å². The lowest BCUT2D eigenvalue weighted by atomic mass is 10.1. The van der Waals surface area contributed by atoms with Gasteiger partial charge >= 0.3 is 11.9 Å². The third kappa shape index (κ3) is 3.35. The predicted octanol–water partition coefficient (Wildman–Crippen LogP) is 0.359. The number of nitrogens with zero attached hydrogens (tertiary/aromatic N) is 1. The first-order valence-electron chi connectivity index (χ1n) is 4.43. The normalized spacial score (nSPS) is 9.38. The average molecular weight is 229 g/mol. The van der Waals surface area contributed by atoms with Gasteiger partial charge in [-0.3, -0.25) is 5.10 Å². The summed E-state index contributed by atoms with van der Waals surface area (Å²) in [7, 11) is 0. The van der Waals surface area contributed by atoms with E-state index in [0.717, 1.165) is 17.0 Å². The fourth-order valence-electron chi connectivity index (χ4n) is 1.25. The van der Waals surface area contributed by atoms with Gasteiger partial charge < -0.3 is 16.0 Å². The quantitative estimate of drug-likeness (QED) is 0.507. The van der Waals surface area contributed by atoms with Gasteiger partial charge in [-0.15, -0.1) is 0 Å². The van der Waals surface area contributed by atoms with Crippen molar-refractivity contribution in [2.24, 2.45) is 0 Å². The largest absolute Gasteiger partial charge is 0.473 e. The zero-order valence-electron chi connectivity index (χ0n) is 9.24. The second-order valence-corrected chi connectivity index (χ2v) is 3.10. The van der Waals surface area contributed by atoms with Crippen molar-refractivity contribution < 1.29 is 19.4 Å². The molecule has 16 heavy (non-hydrogen) atoms. The number of rotatable bonds is 3. The van der Waals surface area contributed by atoms with Crippen LogP contribution >= 0.6 is 0 Å². The molecule has 7 heteroatoms. The summed E-state index contributed by atoms with van der Waals surface area (Å²) in [5, 5.41) is 15.0. The first-order valence-corrected chi connectivity index (χ1v) is 4.43. The van der Waals surface area contributed by atoms with Crippen molar-refractivity contribution in [2.45, 2.75) is 20.3 Å². The van der Waals surface area contributed by atoms with E-state index < -0.39 is 11.9 Å². The number of ether oxygens (including phenoxy) is 1. The number of carboxylic acid groups (broad SMARTS) is 1. The molecular weight excluding hydrogens is 214 g/mol. The Hall–Kier alpha value is -1.89.